The van der Waals surface area contributed by atoms with E-state index in [4.69, 9.17) is 29.4 Å². The zero-order chi connectivity index (χ0) is 31.7. The maximum absolute atomic E-state index is 13.8. The van der Waals surface area contributed by atoms with Crippen LogP contribution in [0, 0.1) is 0 Å². The lowest BCUT2D eigenvalue weighted by molar-refractivity contribution is -0.167. The average Bonchev–Trinajstić information content (AvgIpc) is 3.45. The van der Waals surface area contributed by atoms with E-state index in [0.29, 0.717) is 12.8 Å². The van der Waals surface area contributed by atoms with Gasteiger partial charge in [-0.25, -0.2) is 14.4 Å². The van der Waals surface area contributed by atoms with Crippen molar-refractivity contribution in [1.82, 2.24) is 9.80 Å². The Labute approximate surface area is 248 Å². The van der Waals surface area contributed by atoms with Crippen LogP contribution in [0.4, 0.5) is 9.59 Å². The van der Waals surface area contributed by atoms with E-state index < -0.39 is 70.8 Å². The maximum Gasteiger partial charge on any atom is 0.413 e. The first-order valence-electron chi connectivity index (χ1n) is 14.7. The van der Waals surface area contributed by atoms with Gasteiger partial charge in [-0.15, -0.1) is 0 Å². The fraction of sp³-hybridized carbons (Fsp3) is 0.862. The van der Waals surface area contributed by atoms with Crippen molar-refractivity contribution in [2.45, 2.75) is 140 Å². The van der Waals surface area contributed by atoms with Crippen molar-refractivity contribution in [2.24, 2.45) is 5.73 Å². The van der Waals surface area contributed by atoms with Gasteiger partial charge in [-0.3, -0.25) is 14.6 Å². The molecule has 1 saturated carbocycles. The molecule has 42 heavy (non-hydrogen) atoms. The van der Waals surface area contributed by atoms with Crippen molar-refractivity contribution in [3.05, 3.63) is 0 Å². The first-order chi connectivity index (χ1) is 19.4. The summed E-state index contributed by atoms with van der Waals surface area (Å²) in [5.74, 6) is -1.57. The SMILES string of the molecule is COC(=O)[C@@H](N)C[C@H]1CC[C@](C(=O)OC)([C@@H](O)[C@@H]2COC3(CCCCC3)N2C(=O)OC(C)(C)C)N1C(=O)OC(C)(C)C. The van der Waals surface area contributed by atoms with E-state index in [1.54, 1.807) is 41.5 Å². The third kappa shape index (κ3) is 6.78. The Kier molecular flexibility index (Phi) is 10.1. The van der Waals surface area contributed by atoms with E-state index >= 15 is 0 Å². The number of rotatable bonds is 6. The van der Waals surface area contributed by atoms with Crippen LogP contribution in [-0.2, 0) is 33.3 Å². The average molecular weight is 600 g/mol. The second-order valence-electron chi connectivity index (χ2n) is 13.5. The zero-order valence-electron chi connectivity index (χ0n) is 26.3. The molecule has 3 rings (SSSR count). The Morgan fingerprint density at radius 3 is 1.95 bits per heavy atom. The van der Waals surface area contributed by atoms with Crippen molar-refractivity contribution >= 4 is 24.1 Å². The second kappa shape index (κ2) is 12.5. The minimum absolute atomic E-state index is 0.0374. The third-order valence-electron chi connectivity index (χ3n) is 8.18. The number of carbonyl (C=O) groups excluding carboxylic acids is 4. The number of hydrogen-bond acceptors (Lipinski definition) is 11. The highest BCUT2D eigenvalue weighted by atomic mass is 16.6. The third-order valence-corrected chi connectivity index (χ3v) is 8.18. The lowest BCUT2D eigenvalue weighted by Crippen LogP contribution is -2.69. The summed E-state index contributed by atoms with van der Waals surface area (Å²) in [6.07, 6.45) is 0.526. The van der Waals surface area contributed by atoms with Crippen LogP contribution in [0.1, 0.15) is 92.9 Å². The zero-order valence-corrected chi connectivity index (χ0v) is 26.3. The highest BCUT2D eigenvalue weighted by Crippen LogP contribution is 2.47. The fourth-order valence-electron chi connectivity index (χ4n) is 6.48. The largest absolute Gasteiger partial charge is 0.468 e. The molecule has 2 amide bonds. The molecule has 13 heteroatoms. The monoisotopic (exact) mass is 599 g/mol. The summed E-state index contributed by atoms with van der Waals surface area (Å²) in [6, 6.07) is -2.95. The standard InChI is InChI=1S/C29H49N3O10/c1-26(2,3)41-24(36)31-18(16-19(30)22(34)38-7)12-15-29(31,23(35)39-8)21(33)20-17-40-28(13-10-9-11-14-28)32(20)25(37)42-27(4,5)6/h18-21,33H,9-17,30H2,1-8H3/t18-,19+,20+,21+,29-/m1/s1. The summed E-state index contributed by atoms with van der Waals surface area (Å²) in [5.41, 5.74) is 1.29. The number of aliphatic hydroxyl groups is 1. The van der Waals surface area contributed by atoms with Crippen LogP contribution in [-0.4, -0.2) is 107 Å². The molecule has 0 radical (unpaired) electrons. The lowest BCUT2D eigenvalue weighted by Gasteiger charge is -2.47. The molecule has 3 aliphatic rings. The predicted molar refractivity (Wildman–Crippen MR) is 150 cm³/mol. The molecule has 0 bridgehead atoms. The van der Waals surface area contributed by atoms with Crippen LogP contribution >= 0.6 is 0 Å². The molecule has 3 N–H and O–H groups in total. The molecular formula is C29H49N3O10. The second-order valence-corrected chi connectivity index (χ2v) is 13.5. The Morgan fingerprint density at radius 2 is 1.45 bits per heavy atom. The number of methoxy groups -OCH3 is 2. The molecule has 1 spiro atoms. The number of aliphatic hydroxyl groups excluding tert-OH is 1. The molecule has 240 valence electrons. The Bertz CT molecular complexity index is 1020. The van der Waals surface area contributed by atoms with Crippen LogP contribution in [0.5, 0.6) is 0 Å². The summed E-state index contributed by atoms with van der Waals surface area (Å²) in [5, 5.41) is 12.3. The molecule has 3 fully saturated rings. The Hall–Kier alpha value is -2.64. The number of amides is 2. The summed E-state index contributed by atoms with van der Waals surface area (Å²) >= 11 is 0. The van der Waals surface area contributed by atoms with E-state index in [1.165, 1.54) is 12.0 Å². The Morgan fingerprint density at radius 1 is 0.905 bits per heavy atom. The molecule has 1 aliphatic carbocycles. The number of likely N-dealkylation sites (tertiary alicyclic amines) is 1. The number of esters is 2. The molecule has 2 aliphatic heterocycles. The topological polar surface area (TPSA) is 167 Å². The van der Waals surface area contributed by atoms with Crippen LogP contribution in [0.2, 0.25) is 0 Å². The van der Waals surface area contributed by atoms with Gasteiger partial charge in [0.15, 0.2) is 5.54 Å². The number of carbonyl (C=O) groups is 4. The van der Waals surface area contributed by atoms with Gasteiger partial charge in [0, 0.05) is 6.04 Å². The number of ether oxygens (including phenoxy) is 5. The Balaban J connectivity index is 2.12. The highest BCUT2D eigenvalue weighted by Gasteiger charge is 2.66. The van der Waals surface area contributed by atoms with Crippen LogP contribution in [0.25, 0.3) is 0 Å². The quantitative estimate of drug-likeness (QED) is 0.340. The number of hydrogen-bond donors (Lipinski definition) is 2. The van der Waals surface area contributed by atoms with E-state index in [1.807, 2.05) is 0 Å². The molecule has 0 unspecified atom stereocenters. The van der Waals surface area contributed by atoms with Crippen LogP contribution < -0.4 is 5.73 Å². The van der Waals surface area contributed by atoms with Crippen LogP contribution in [0.3, 0.4) is 0 Å². The van der Waals surface area contributed by atoms with Gasteiger partial charge in [-0.2, -0.15) is 0 Å². The van der Waals surface area contributed by atoms with Crippen molar-refractivity contribution in [3.8, 4) is 0 Å². The van der Waals surface area contributed by atoms with E-state index in [9.17, 15) is 24.3 Å². The molecule has 2 saturated heterocycles. The molecule has 2 heterocycles. The fourth-order valence-corrected chi connectivity index (χ4v) is 6.48. The van der Waals surface area contributed by atoms with Crippen LogP contribution in [0.15, 0.2) is 0 Å². The molecule has 0 aromatic carbocycles. The van der Waals surface area contributed by atoms with Crippen molar-refractivity contribution < 1.29 is 48.0 Å². The molecule has 0 aromatic rings. The van der Waals surface area contributed by atoms with Gasteiger partial charge in [0.2, 0.25) is 0 Å². The highest BCUT2D eigenvalue weighted by molar-refractivity contribution is 5.88. The van der Waals surface area contributed by atoms with Gasteiger partial charge in [0.25, 0.3) is 0 Å². The summed E-state index contributed by atoms with van der Waals surface area (Å²) in [6.45, 7) is 10.2. The van der Waals surface area contributed by atoms with E-state index in [0.717, 1.165) is 31.3 Å². The predicted octanol–water partition coefficient (Wildman–Crippen LogP) is 2.85. The van der Waals surface area contributed by atoms with Gasteiger partial charge < -0.3 is 34.5 Å². The first kappa shape index (κ1) is 33.9. The van der Waals surface area contributed by atoms with Gasteiger partial charge in [-0.05, 0) is 86.5 Å². The summed E-state index contributed by atoms with van der Waals surface area (Å²) in [4.78, 5) is 56.1. The lowest BCUT2D eigenvalue weighted by atomic mass is 9.83. The number of nitrogens with zero attached hydrogens (tertiary/aromatic N) is 2. The summed E-state index contributed by atoms with van der Waals surface area (Å²) < 4.78 is 27.8. The molecule has 13 nitrogen and oxygen atoms in total. The first-order valence-corrected chi connectivity index (χ1v) is 14.7. The normalized spacial score (nSPS) is 27.4. The summed E-state index contributed by atoms with van der Waals surface area (Å²) in [7, 11) is 2.37. The van der Waals surface area contributed by atoms with Crippen molar-refractivity contribution in [1.29, 1.82) is 0 Å². The van der Waals surface area contributed by atoms with E-state index in [-0.39, 0.29) is 25.9 Å². The van der Waals surface area contributed by atoms with Gasteiger partial charge >= 0.3 is 24.1 Å². The van der Waals surface area contributed by atoms with E-state index in [2.05, 4.69) is 0 Å². The smallest absolute Gasteiger partial charge is 0.413 e. The van der Waals surface area contributed by atoms with Crippen molar-refractivity contribution in [2.75, 3.05) is 20.8 Å². The van der Waals surface area contributed by atoms with Gasteiger partial charge in [0.1, 0.15) is 29.1 Å². The molecule has 0 aromatic heterocycles. The molecule has 5 atom stereocenters. The maximum atomic E-state index is 13.8. The van der Waals surface area contributed by atoms with Crippen molar-refractivity contribution in [3.63, 3.8) is 0 Å². The van der Waals surface area contributed by atoms with Gasteiger partial charge in [-0.1, -0.05) is 6.42 Å². The molecular weight excluding hydrogens is 550 g/mol. The van der Waals surface area contributed by atoms with Gasteiger partial charge in [0.05, 0.1) is 26.9 Å². The minimum atomic E-state index is -1.98. The number of nitrogens with two attached hydrogens (primary N) is 1. The minimum Gasteiger partial charge on any atom is -0.468 e.